The van der Waals surface area contributed by atoms with E-state index in [4.69, 9.17) is 4.74 Å². The van der Waals surface area contributed by atoms with Gasteiger partial charge in [-0.05, 0) is 36.6 Å². The molecule has 4 rings (SSSR count). The molecule has 1 aliphatic heterocycles. The summed E-state index contributed by atoms with van der Waals surface area (Å²) in [5.74, 6) is 0.128. The molecule has 1 aromatic heterocycles. The van der Waals surface area contributed by atoms with Crippen molar-refractivity contribution < 1.29 is 14.3 Å². The van der Waals surface area contributed by atoms with Gasteiger partial charge in [0, 0.05) is 16.1 Å². The van der Waals surface area contributed by atoms with Gasteiger partial charge in [0.2, 0.25) is 5.91 Å². The molecule has 0 saturated heterocycles. The van der Waals surface area contributed by atoms with Gasteiger partial charge in [0.25, 0.3) is 5.91 Å². The molecule has 2 amide bonds. The van der Waals surface area contributed by atoms with Crippen LogP contribution in [0.15, 0.2) is 66.0 Å². The highest BCUT2D eigenvalue weighted by Crippen LogP contribution is 2.34. The lowest BCUT2D eigenvalue weighted by molar-refractivity contribution is -0.127. The molecule has 0 radical (unpaired) electrons. The molecule has 0 bridgehead atoms. The number of nitrogens with zero attached hydrogens (tertiary/aromatic N) is 1. The predicted octanol–water partition coefficient (Wildman–Crippen LogP) is 4.17. The van der Waals surface area contributed by atoms with Gasteiger partial charge >= 0.3 is 0 Å². The third-order valence-corrected chi connectivity index (χ3v) is 5.27. The van der Waals surface area contributed by atoms with E-state index in [1.807, 2.05) is 53.9 Å². The Hall–Kier alpha value is -3.12. The first kappa shape index (κ1) is 17.3. The van der Waals surface area contributed by atoms with E-state index in [1.54, 1.807) is 30.4 Å². The van der Waals surface area contributed by atoms with Gasteiger partial charge < -0.3 is 10.1 Å². The van der Waals surface area contributed by atoms with Crippen molar-refractivity contribution in [1.29, 1.82) is 0 Å². The van der Waals surface area contributed by atoms with Gasteiger partial charge in [-0.1, -0.05) is 36.4 Å². The Kier molecular flexibility index (Phi) is 4.64. The lowest BCUT2D eigenvalue weighted by Gasteiger charge is -2.32. The SMILES string of the molecule is CC1Oc2ccccc2N(CC(=O)Nc2ccccc2-c2cccs2)C1=O. The van der Waals surface area contributed by atoms with Crippen LogP contribution in [0.25, 0.3) is 10.4 Å². The fraction of sp³-hybridized carbons (Fsp3) is 0.143. The van der Waals surface area contributed by atoms with E-state index in [9.17, 15) is 9.59 Å². The molecule has 0 saturated carbocycles. The molecule has 0 aliphatic carbocycles. The number of nitrogens with one attached hydrogen (secondary N) is 1. The number of hydrogen-bond acceptors (Lipinski definition) is 4. The Balaban J connectivity index is 1.57. The van der Waals surface area contributed by atoms with Crippen molar-refractivity contribution in [3.05, 3.63) is 66.0 Å². The van der Waals surface area contributed by atoms with E-state index in [2.05, 4.69) is 5.32 Å². The van der Waals surface area contributed by atoms with Gasteiger partial charge in [-0.25, -0.2) is 0 Å². The normalized spacial score (nSPS) is 15.8. The second kappa shape index (κ2) is 7.25. The molecule has 27 heavy (non-hydrogen) atoms. The zero-order valence-electron chi connectivity index (χ0n) is 14.7. The minimum atomic E-state index is -0.619. The fourth-order valence-corrected chi connectivity index (χ4v) is 3.86. The molecular formula is C21H18N2O3S. The van der Waals surface area contributed by atoms with Gasteiger partial charge in [0.05, 0.1) is 5.69 Å². The van der Waals surface area contributed by atoms with Crippen LogP contribution in [0.4, 0.5) is 11.4 Å². The molecule has 0 spiro atoms. The summed E-state index contributed by atoms with van der Waals surface area (Å²) < 4.78 is 5.62. The van der Waals surface area contributed by atoms with E-state index in [0.29, 0.717) is 11.4 Å². The largest absolute Gasteiger partial charge is 0.479 e. The lowest BCUT2D eigenvalue weighted by Crippen LogP contribution is -2.47. The maximum atomic E-state index is 12.7. The number of rotatable bonds is 4. The van der Waals surface area contributed by atoms with Gasteiger partial charge in [0.15, 0.2) is 6.10 Å². The Labute approximate surface area is 161 Å². The van der Waals surface area contributed by atoms with E-state index >= 15 is 0 Å². The van der Waals surface area contributed by atoms with Gasteiger partial charge in [-0.15, -0.1) is 11.3 Å². The molecule has 1 N–H and O–H groups in total. The zero-order chi connectivity index (χ0) is 18.8. The summed E-state index contributed by atoms with van der Waals surface area (Å²) in [7, 11) is 0. The van der Waals surface area contributed by atoms with Crippen molar-refractivity contribution in [2.24, 2.45) is 0 Å². The highest BCUT2D eigenvalue weighted by molar-refractivity contribution is 7.13. The molecule has 1 atom stereocenters. The summed E-state index contributed by atoms with van der Waals surface area (Å²) in [6, 6.07) is 18.9. The average Bonchev–Trinajstić information content (AvgIpc) is 3.20. The molecule has 2 heterocycles. The first-order chi connectivity index (χ1) is 13.1. The third-order valence-electron chi connectivity index (χ3n) is 4.36. The molecule has 3 aromatic rings. The summed E-state index contributed by atoms with van der Waals surface area (Å²) >= 11 is 1.61. The van der Waals surface area contributed by atoms with Crippen molar-refractivity contribution in [1.82, 2.24) is 0 Å². The van der Waals surface area contributed by atoms with Gasteiger partial charge in [-0.3, -0.25) is 14.5 Å². The Morgan fingerprint density at radius 1 is 1.11 bits per heavy atom. The van der Waals surface area contributed by atoms with Crippen LogP contribution in [0.5, 0.6) is 5.75 Å². The number of ether oxygens (including phenoxy) is 1. The number of hydrogen-bond donors (Lipinski definition) is 1. The molecule has 1 aliphatic rings. The summed E-state index contributed by atoms with van der Waals surface area (Å²) in [6.07, 6.45) is -0.619. The van der Waals surface area contributed by atoms with Crippen molar-refractivity contribution in [2.75, 3.05) is 16.8 Å². The van der Waals surface area contributed by atoms with Gasteiger partial charge in [0.1, 0.15) is 12.3 Å². The number of amides is 2. The number of carbonyl (C=O) groups excluding carboxylic acids is 2. The molecule has 6 heteroatoms. The van der Waals surface area contributed by atoms with E-state index in [-0.39, 0.29) is 18.4 Å². The van der Waals surface area contributed by atoms with Crippen LogP contribution in [0.3, 0.4) is 0 Å². The number of carbonyl (C=O) groups is 2. The summed E-state index contributed by atoms with van der Waals surface area (Å²) in [5, 5.41) is 4.94. The van der Waals surface area contributed by atoms with Crippen LogP contribution < -0.4 is 15.0 Å². The Morgan fingerprint density at radius 2 is 1.89 bits per heavy atom. The van der Waals surface area contributed by atoms with Crippen LogP contribution in [0, 0.1) is 0 Å². The quantitative estimate of drug-likeness (QED) is 0.741. The van der Waals surface area contributed by atoms with Crippen molar-refractivity contribution >= 4 is 34.5 Å². The lowest BCUT2D eigenvalue weighted by atomic mass is 10.1. The van der Waals surface area contributed by atoms with Gasteiger partial charge in [-0.2, -0.15) is 0 Å². The first-order valence-electron chi connectivity index (χ1n) is 8.63. The number of para-hydroxylation sites is 3. The monoisotopic (exact) mass is 378 g/mol. The summed E-state index contributed by atoms with van der Waals surface area (Å²) in [5.41, 5.74) is 2.30. The average molecular weight is 378 g/mol. The maximum absolute atomic E-state index is 12.7. The van der Waals surface area contributed by atoms with E-state index < -0.39 is 6.10 Å². The van der Waals surface area contributed by atoms with E-state index in [1.165, 1.54) is 4.90 Å². The highest BCUT2D eigenvalue weighted by Gasteiger charge is 2.32. The molecule has 136 valence electrons. The van der Waals surface area contributed by atoms with Crippen LogP contribution >= 0.6 is 11.3 Å². The minimum absolute atomic E-state index is 0.0671. The van der Waals surface area contributed by atoms with Crippen molar-refractivity contribution in [2.45, 2.75) is 13.0 Å². The molecule has 2 aromatic carbocycles. The third kappa shape index (κ3) is 3.44. The predicted molar refractivity (Wildman–Crippen MR) is 107 cm³/mol. The number of anilines is 2. The first-order valence-corrected chi connectivity index (χ1v) is 9.51. The van der Waals surface area contributed by atoms with Crippen LogP contribution in [0.2, 0.25) is 0 Å². The number of fused-ring (bicyclic) bond motifs is 1. The summed E-state index contributed by atoms with van der Waals surface area (Å²) in [4.78, 5) is 27.8. The van der Waals surface area contributed by atoms with Crippen LogP contribution in [-0.2, 0) is 9.59 Å². The highest BCUT2D eigenvalue weighted by atomic mass is 32.1. The molecule has 1 unspecified atom stereocenters. The van der Waals surface area contributed by atoms with Crippen molar-refractivity contribution in [3.8, 4) is 16.2 Å². The number of benzene rings is 2. The molecule has 5 nitrogen and oxygen atoms in total. The fourth-order valence-electron chi connectivity index (χ4n) is 3.09. The molecular weight excluding hydrogens is 360 g/mol. The van der Waals surface area contributed by atoms with Crippen LogP contribution in [-0.4, -0.2) is 24.5 Å². The standard InChI is InChI=1S/C21H18N2O3S/c1-14-21(25)23(17-9-4-5-10-18(17)26-14)13-20(24)22-16-8-3-2-7-15(16)19-11-6-12-27-19/h2-12,14H,13H2,1H3,(H,22,24). The number of thiophene rings is 1. The molecule has 0 fully saturated rings. The summed E-state index contributed by atoms with van der Waals surface area (Å²) in [6.45, 7) is 1.62. The maximum Gasteiger partial charge on any atom is 0.268 e. The zero-order valence-corrected chi connectivity index (χ0v) is 15.5. The second-order valence-corrected chi connectivity index (χ2v) is 7.17. The smallest absolute Gasteiger partial charge is 0.268 e. The Bertz CT molecular complexity index is 985. The topological polar surface area (TPSA) is 58.6 Å². The Morgan fingerprint density at radius 3 is 2.70 bits per heavy atom. The second-order valence-electron chi connectivity index (χ2n) is 6.22. The van der Waals surface area contributed by atoms with Crippen molar-refractivity contribution in [3.63, 3.8) is 0 Å². The van der Waals surface area contributed by atoms with Crippen LogP contribution in [0.1, 0.15) is 6.92 Å². The minimum Gasteiger partial charge on any atom is -0.479 e. The van der Waals surface area contributed by atoms with E-state index in [0.717, 1.165) is 16.1 Å².